The average Bonchev–Trinajstić information content (AvgIpc) is 3.44. The first-order valence-corrected chi connectivity index (χ1v) is 10.00. The molecule has 7 nitrogen and oxygen atoms in total. The Morgan fingerprint density at radius 1 is 1.21 bits per heavy atom. The number of hydrogen-bond donors (Lipinski definition) is 1. The monoisotopic (exact) mass is 465 g/mol. The van der Waals surface area contributed by atoms with Crippen molar-refractivity contribution in [1.29, 1.82) is 0 Å². The summed E-state index contributed by atoms with van der Waals surface area (Å²) in [5.41, 5.74) is 0.705. The fourth-order valence-electron chi connectivity index (χ4n) is 3.28. The van der Waals surface area contributed by atoms with Gasteiger partial charge < -0.3 is 19.5 Å². The molecule has 0 radical (unpaired) electrons. The van der Waals surface area contributed by atoms with Crippen molar-refractivity contribution in [3.63, 3.8) is 0 Å². The van der Waals surface area contributed by atoms with Crippen LogP contribution in [0.5, 0.6) is 11.5 Å². The van der Waals surface area contributed by atoms with E-state index in [1.807, 2.05) is 0 Å². The number of ether oxygens (including phenoxy) is 3. The van der Waals surface area contributed by atoms with Gasteiger partial charge in [-0.1, -0.05) is 6.07 Å². The highest BCUT2D eigenvalue weighted by molar-refractivity contribution is 5.90. The largest absolute Gasteiger partial charge is 0.484 e. The van der Waals surface area contributed by atoms with Gasteiger partial charge in [0.05, 0.1) is 24.6 Å². The van der Waals surface area contributed by atoms with Crippen LogP contribution in [0.2, 0.25) is 0 Å². The standard InChI is InChI=1S/C22H19F4N3O4/c23-15-2-1-3-17(21(15)24)27-20(30)11-29-8-6-16(28-29)13-4-5-18(33-22(25)26)19(10-13)32-14-7-9-31-12-14/h1-6,8,10,14,22H,7,9,11-12H2,(H,27,30). The smallest absolute Gasteiger partial charge is 0.387 e. The first kappa shape index (κ1) is 22.6. The summed E-state index contributed by atoms with van der Waals surface area (Å²) in [6, 6.07) is 9.48. The molecule has 2 heterocycles. The van der Waals surface area contributed by atoms with E-state index in [1.54, 1.807) is 6.07 Å². The van der Waals surface area contributed by atoms with Crippen LogP contribution in [0.1, 0.15) is 6.42 Å². The third-order valence-electron chi connectivity index (χ3n) is 4.81. The first-order valence-electron chi connectivity index (χ1n) is 10.00. The number of nitrogens with zero attached hydrogens (tertiary/aromatic N) is 2. The molecule has 0 bridgehead atoms. The third-order valence-corrected chi connectivity index (χ3v) is 4.81. The van der Waals surface area contributed by atoms with E-state index in [2.05, 4.69) is 15.2 Å². The molecule has 1 saturated heterocycles. The highest BCUT2D eigenvalue weighted by atomic mass is 19.3. The molecule has 33 heavy (non-hydrogen) atoms. The van der Waals surface area contributed by atoms with Gasteiger partial charge in [-0.05, 0) is 36.4 Å². The lowest BCUT2D eigenvalue weighted by Gasteiger charge is -2.16. The zero-order valence-corrected chi connectivity index (χ0v) is 17.1. The van der Waals surface area contributed by atoms with E-state index in [9.17, 15) is 22.4 Å². The molecular weight excluding hydrogens is 446 g/mol. The van der Waals surface area contributed by atoms with Crippen LogP contribution in [0.25, 0.3) is 11.3 Å². The fourth-order valence-corrected chi connectivity index (χ4v) is 3.28. The molecule has 1 atom stereocenters. The number of carbonyl (C=O) groups is 1. The number of anilines is 1. The predicted octanol–water partition coefficient (Wildman–Crippen LogP) is 4.24. The van der Waals surface area contributed by atoms with E-state index < -0.39 is 24.2 Å². The van der Waals surface area contributed by atoms with Gasteiger partial charge >= 0.3 is 6.61 Å². The lowest BCUT2D eigenvalue weighted by Crippen LogP contribution is -2.20. The van der Waals surface area contributed by atoms with Gasteiger partial charge in [-0.25, -0.2) is 8.78 Å². The highest BCUT2D eigenvalue weighted by Gasteiger charge is 2.21. The Hall–Kier alpha value is -3.60. The van der Waals surface area contributed by atoms with E-state index in [-0.39, 0.29) is 29.8 Å². The lowest BCUT2D eigenvalue weighted by molar-refractivity contribution is -0.116. The Morgan fingerprint density at radius 3 is 2.82 bits per heavy atom. The van der Waals surface area contributed by atoms with Crippen molar-refractivity contribution < 1.29 is 36.6 Å². The van der Waals surface area contributed by atoms with Crippen LogP contribution < -0.4 is 14.8 Å². The molecule has 0 spiro atoms. The maximum Gasteiger partial charge on any atom is 0.387 e. The summed E-state index contributed by atoms with van der Waals surface area (Å²) in [7, 11) is 0. The second kappa shape index (κ2) is 9.90. The predicted molar refractivity (Wildman–Crippen MR) is 109 cm³/mol. The number of hydrogen-bond acceptors (Lipinski definition) is 5. The van der Waals surface area contributed by atoms with Crippen molar-refractivity contribution in [2.24, 2.45) is 0 Å². The number of alkyl halides is 2. The summed E-state index contributed by atoms with van der Waals surface area (Å²) < 4.78 is 69.4. The number of benzene rings is 2. The lowest BCUT2D eigenvalue weighted by atomic mass is 10.1. The Balaban J connectivity index is 1.48. The van der Waals surface area contributed by atoms with Crippen molar-refractivity contribution in [2.45, 2.75) is 25.7 Å². The molecule has 11 heteroatoms. The SMILES string of the molecule is O=C(Cn1ccc(-c2ccc(OC(F)F)c(OC3CCOC3)c2)n1)Nc1cccc(F)c1F. The summed E-state index contributed by atoms with van der Waals surface area (Å²) in [6.45, 7) is -2.42. The zero-order chi connectivity index (χ0) is 23.4. The minimum absolute atomic E-state index is 0.114. The topological polar surface area (TPSA) is 74.6 Å². The Bertz CT molecular complexity index is 1130. The summed E-state index contributed by atoms with van der Waals surface area (Å²) in [6.07, 6.45) is 1.85. The first-order chi connectivity index (χ1) is 15.9. The van der Waals surface area contributed by atoms with Gasteiger partial charge in [-0.3, -0.25) is 9.48 Å². The van der Waals surface area contributed by atoms with E-state index in [0.29, 0.717) is 30.9 Å². The molecule has 1 N–H and O–H groups in total. The maximum absolute atomic E-state index is 13.7. The van der Waals surface area contributed by atoms with Crippen molar-refractivity contribution in [3.8, 4) is 22.8 Å². The normalized spacial score (nSPS) is 15.6. The van der Waals surface area contributed by atoms with E-state index in [4.69, 9.17) is 9.47 Å². The molecular formula is C22H19F4N3O4. The van der Waals surface area contributed by atoms with Gasteiger partial charge in [0.2, 0.25) is 5.91 Å². The van der Waals surface area contributed by atoms with E-state index in [0.717, 1.165) is 6.07 Å². The molecule has 3 aromatic rings. The molecule has 1 aliphatic rings. The molecule has 1 aromatic heterocycles. The number of halogens is 4. The van der Waals surface area contributed by atoms with Crippen LogP contribution in [0.3, 0.4) is 0 Å². The Kier molecular flexibility index (Phi) is 6.78. The molecule has 0 saturated carbocycles. The molecule has 1 aliphatic heterocycles. The zero-order valence-electron chi connectivity index (χ0n) is 17.1. The molecule has 1 fully saturated rings. The number of amides is 1. The highest BCUT2D eigenvalue weighted by Crippen LogP contribution is 2.34. The molecule has 1 amide bonds. The van der Waals surface area contributed by atoms with Gasteiger partial charge in [0.25, 0.3) is 0 Å². The molecule has 2 aromatic carbocycles. The van der Waals surface area contributed by atoms with Gasteiger partial charge in [0.1, 0.15) is 12.6 Å². The molecule has 1 unspecified atom stereocenters. The summed E-state index contributed by atoms with van der Waals surface area (Å²) in [5, 5.41) is 6.57. The quantitative estimate of drug-likeness (QED) is 0.504. The van der Waals surface area contributed by atoms with E-state index >= 15 is 0 Å². The van der Waals surface area contributed by atoms with Crippen LogP contribution >= 0.6 is 0 Å². The molecule has 4 rings (SSSR count). The summed E-state index contributed by atoms with van der Waals surface area (Å²) >= 11 is 0. The van der Waals surface area contributed by atoms with Crippen molar-refractivity contribution >= 4 is 11.6 Å². The minimum Gasteiger partial charge on any atom is -0.484 e. The molecule has 0 aliphatic carbocycles. The van der Waals surface area contributed by atoms with Gasteiger partial charge in [-0.2, -0.15) is 13.9 Å². The van der Waals surface area contributed by atoms with Crippen molar-refractivity contribution in [3.05, 3.63) is 60.3 Å². The van der Waals surface area contributed by atoms with Crippen molar-refractivity contribution in [1.82, 2.24) is 9.78 Å². The van der Waals surface area contributed by atoms with E-state index in [1.165, 1.54) is 41.2 Å². The van der Waals surface area contributed by atoms with Crippen LogP contribution in [-0.4, -0.2) is 41.6 Å². The van der Waals surface area contributed by atoms with Gasteiger partial charge in [0.15, 0.2) is 23.1 Å². The van der Waals surface area contributed by atoms with Gasteiger partial charge in [-0.15, -0.1) is 0 Å². The summed E-state index contributed by atoms with van der Waals surface area (Å²) in [4.78, 5) is 12.2. The van der Waals surface area contributed by atoms with Crippen LogP contribution in [-0.2, 0) is 16.1 Å². The Morgan fingerprint density at radius 2 is 2.06 bits per heavy atom. The number of carbonyl (C=O) groups excluding carboxylic acids is 1. The average molecular weight is 465 g/mol. The van der Waals surface area contributed by atoms with Gasteiger partial charge in [0, 0.05) is 18.2 Å². The second-order valence-electron chi connectivity index (χ2n) is 7.19. The maximum atomic E-state index is 13.7. The van der Waals surface area contributed by atoms with Crippen LogP contribution in [0, 0.1) is 11.6 Å². The third kappa shape index (κ3) is 5.61. The fraction of sp³-hybridized carbons (Fsp3) is 0.273. The van der Waals surface area contributed by atoms with Crippen LogP contribution in [0.15, 0.2) is 48.7 Å². The van der Waals surface area contributed by atoms with Crippen molar-refractivity contribution in [2.75, 3.05) is 18.5 Å². The Labute approximate surface area is 185 Å². The number of aromatic nitrogens is 2. The van der Waals surface area contributed by atoms with Crippen LogP contribution in [0.4, 0.5) is 23.2 Å². The summed E-state index contributed by atoms with van der Waals surface area (Å²) in [5.74, 6) is -2.83. The molecule has 174 valence electrons. The minimum atomic E-state index is -3.02. The number of nitrogens with one attached hydrogen (secondary N) is 1. The second-order valence-corrected chi connectivity index (χ2v) is 7.19. The number of rotatable bonds is 8.